The summed E-state index contributed by atoms with van der Waals surface area (Å²) < 4.78 is 29.2. The molecule has 0 bridgehead atoms. The van der Waals surface area contributed by atoms with E-state index in [0.29, 0.717) is 55.7 Å². The highest BCUT2D eigenvalue weighted by Crippen LogP contribution is 2.30. The van der Waals surface area contributed by atoms with E-state index in [2.05, 4.69) is 14.7 Å². The Labute approximate surface area is 214 Å². The predicted molar refractivity (Wildman–Crippen MR) is 143 cm³/mol. The van der Waals surface area contributed by atoms with Crippen molar-refractivity contribution in [2.75, 3.05) is 24.4 Å². The van der Waals surface area contributed by atoms with E-state index in [4.69, 9.17) is 5.73 Å². The second-order valence-electron chi connectivity index (χ2n) is 8.70. The molecule has 4 N–H and O–H groups in total. The van der Waals surface area contributed by atoms with Gasteiger partial charge in [0.25, 0.3) is 15.9 Å². The number of benzene rings is 2. The summed E-state index contributed by atoms with van der Waals surface area (Å²) in [5, 5.41) is 11.0. The number of aliphatic imine (C=N–C) groups is 1. The number of amides is 1. The highest BCUT2D eigenvalue weighted by Gasteiger charge is 2.34. The number of hydrogen-bond acceptors (Lipinski definition) is 8. The second kappa shape index (κ2) is 10.8. The maximum atomic E-state index is 13.0. The van der Waals surface area contributed by atoms with Gasteiger partial charge in [-0.05, 0) is 67.9 Å². The van der Waals surface area contributed by atoms with Crippen LogP contribution in [-0.2, 0) is 10.0 Å². The van der Waals surface area contributed by atoms with Crippen LogP contribution in [0.25, 0.3) is 10.2 Å². The van der Waals surface area contributed by atoms with Gasteiger partial charge in [-0.25, -0.2) is 13.4 Å². The molecule has 0 atom stereocenters. The third-order valence-corrected chi connectivity index (χ3v) is 8.37. The Bertz CT molecular complexity index is 1390. The van der Waals surface area contributed by atoms with Gasteiger partial charge in [0.2, 0.25) is 0 Å². The van der Waals surface area contributed by atoms with Crippen LogP contribution in [0.5, 0.6) is 0 Å². The fraction of sp³-hybridized carbons (Fsp3) is 0.320. The number of nitrogens with two attached hydrogens (primary N) is 1. The number of hydrogen-bond donors (Lipinski definition) is 3. The number of thiazole rings is 1. The predicted octanol–water partition coefficient (Wildman–Crippen LogP) is 3.39. The molecule has 0 unspecified atom stereocenters. The number of aromatic nitrogens is 1. The number of anilines is 1. The number of aliphatic hydroxyl groups is 1. The topological polar surface area (TPSA) is 138 Å². The van der Waals surface area contributed by atoms with Crippen LogP contribution in [-0.4, -0.2) is 60.8 Å². The second-order valence-corrected chi connectivity index (χ2v) is 11.2. The third-order valence-electron chi connectivity index (χ3n) is 6.17. The van der Waals surface area contributed by atoms with Gasteiger partial charge in [-0.2, -0.15) is 0 Å². The number of nitrogens with one attached hydrogen (secondary N) is 1. The summed E-state index contributed by atoms with van der Waals surface area (Å²) in [6.45, 7) is 3.38. The lowest BCUT2D eigenvalue weighted by Gasteiger charge is -2.38. The zero-order valence-electron chi connectivity index (χ0n) is 19.9. The first-order valence-corrected chi connectivity index (χ1v) is 14.0. The summed E-state index contributed by atoms with van der Waals surface area (Å²) in [4.78, 5) is 23.2. The highest BCUT2D eigenvalue weighted by atomic mass is 32.2. The summed E-state index contributed by atoms with van der Waals surface area (Å²) in [5.41, 5.74) is 8.33. The van der Waals surface area contributed by atoms with E-state index in [0.717, 1.165) is 10.3 Å². The Morgan fingerprint density at radius 1 is 1.25 bits per heavy atom. The normalized spacial score (nSPS) is 16.5. The molecule has 36 heavy (non-hydrogen) atoms. The van der Waals surface area contributed by atoms with Gasteiger partial charge in [0.15, 0.2) is 0 Å². The van der Waals surface area contributed by atoms with Crippen molar-refractivity contribution < 1.29 is 18.3 Å². The van der Waals surface area contributed by atoms with E-state index >= 15 is 0 Å². The molecule has 11 heteroatoms. The summed E-state index contributed by atoms with van der Waals surface area (Å²) >= 11 is 1.37. The zero-order chi connectivity index (χ0) is 25.8. The van der Waals surface area contributed by atoms with Crippen LogP contribution < -0.4 is 10.5 Å². The van der Waals surface area contributed by atoms with Crippen LogP contribution in [0.3, 0.4) is 0 Å². The molecule has 1 amide bonds. The molecule has 4 rings (SSSR count). The number of rotatable bonds is 8. The summed E-state index contributed by atoms with van der Waals surface area (Å²) in [6.07, 6.45) is 4.38. The average Bonchev–Trinajstić information content (AvgIpc) is 3.36. The minimum Gasteiger partial charge on any atom is -0.404 e. The van der Waals surface area contributed by atoms with Crippen molar-refractivity contribution >= 4 is 49.4 Å². The van der Waals surface area contributed by atoms with Gasteiger partial charge in [0.1, 0.15) is 10.4 Å². The molecule has 2 heterocycles. The van der Waals surface area contributed by atoms with Gasteiger partial charge in [-0.1, -0.05) is 6.07 Å². The molecule has 0 radical (unpaired) electrons. The van der Waals surface area contributed by atoms with Crippen molar-refractivity contribution in [1.82, 2.24) is 9.88 Å². The zero-order valence-corrected chi connectivity index (χ0v) is 21.6. The van der Waals surface area contributed by atoms with Crippen LogP contribution in [0.1, 0.15) is 36.5 Å². The molecular formula is C25H29N5O4S2. The fourth-order valence-electron chi connectivity index (χ4n) is 4.19. The van der Waals surface area contributed by atoms with Gasteiger partial charge in [-0.15, -0.1) is 11.3 Å². The Hall–Kier alpha value is -3.28. The first kappa shape index (κ1) is 25.8. The lowest BCUT2D eigenvalue weighted by Crippen LogP contribution is -2.47. The smallest absolute Gasteiger partial charge is 0.264 e. The maximum Gasteiger partial charge on any atom is 0.264 e. The molecule has 9 nitrogen and oxygen atoms in total. The summed E-state index contributed by atoms with van der Waals surface area (Å²) in [6, 6.07) is 11.4. The maximum absolute atomic E-state index is 13.0. The van der Waals surface area contributed by atoms with Gasteiger partial charge in [-0.3, -0.25) is 14.5 Å². The molecule has 1 aromatic heterocycles. The summed E-state index contributed by atoms with van der Waals surface area (Å²) in [5.74, 6) is -0.166. The van der Waals surface area contributed by atoms with Crippen molar-refractivity contribution in [1.29, 1.82) is 0 Å². The number of likely N-dealkylation sites (tertiary alicyclic amines) is 1. The number of sulfonamides is 1. The summed E-state index contributed by atoms with van der Waals surface area (Å²) in [7, 11) is -3.85. The molecule has 0 saturated carbocycles. The Kier molecular flexibility index (Phi) is 7.72. The van der Waals surface area contributed by atoms with Gasteiger partial charge in [0.05, 0.1) is 15.8 Å². The van der Waals surface area contributed by atoms with Crippen LogP contribution >= 0.6 is 11.3 Å². The quantitative estimate of drug-likeness (QED) is 0.384. The van der Waals surface area contributed by atoms with Crippen molar-refractivity contribution in [2.45, 2.75) is 36.7 Å². The molecular weight excluding hydrogens is 498 g/mol. The van der Waals surface area contributed by atoms with E-state index in [1.165, 1.54) is 23.6 Å². The molecule has 0 aliphatic carbocycles. The molecule has 1 saturated heterocycles. The minimum absolute atomic E-state index is 0.107. The van der Waals surface area contributed by atoms with E-state index in [1.54, 1.807) is 47.0 Å². The SMILES string of the molecule is CCN=CC(=CN)CC1(O)CCN(C(=O)c2ccc(NS(=O)(=O)c3cccc4scnc34)cc2)CC1. The van der Waals surface area contributed by atoms with Crippen molar-refractivity contribution in [3.05, 3.63) is 65.3 Å². The molecule has 1 aliphatic heterocycles. The molecule has 0 spiro atoms. The number of carbonyl (C=O) groups excluding carboxylic acids is 1. The van der Waals surface area contributed by atoms with Gasteiger partial charge < -0.3 is 15.7 Å². The molecule has 190 valence electrons. The number of piperidine rings is 1. The average molecular weight is 528 g/mol. The highest BCUT2D eigenvalue weighted by molar-refractivity contribution is 7.93. The largest absolute Gasteiger partial charge is 0.404 e. The minimum atomic E-state index is -3.85. The molecule has 1 aliphatic rings. The Balaban J connectivity index is 1.39. The van der Waals surface area contributed by atoms with Crippen molar-refractivity contribution in [2.24, 2.45) is 10.7 Å². The van der Waals surface area contributed by atoms with Crippen LogP contribution in [0.4, 0.5) is 5.69 Å². The van der Waals surface area contributed by atoms with E-state index in [1.807, 2.05) is 13.0 Å². The lowest BCUT2D eigenvalue weighted by molar-refractivity contribution is -0.0152. The van der Waals surface area contributed by atoms with E-state index in [-0.39, 0.29) is 10.8 Å². The van der Waals surface area contributed by atoms with E-state index < -0.39 is 15.6 Å². The molecule has 3 aromatic rings. The van der Waals surface area contributed by atoms with Crippen LogP contribution in [0, 0.1) is 0 Å². The fourth-order valence-corrected chi connectivity index (χ4v) is 6.19. The lowest BCUT2D eigenvalue weighted by atomic mass is 9.85. The molecule has 2 aromatic carbocycles. The number of fused-ring (bicyclic) bond motifs is 1. The van der Waals surface area contributed by atoms with Crippen molar-refractivity contribution in [3.63, 3.8) is 0 Å². The van der Waals surface area contributed by atoms with Crippen molar-refractivity contribution in [3.8, 4) is 0 Å². The van der Waals surface area contributed by atoms with Gasteiger partial charge in [0, 0.05) is 43.5 Å². The number of para-hydroxylation sites is 1. The first-order valence-electron chi connectivity index (χ1n) is 11.6. The first-order chi connectivity index (χ1) is 17.2. The third kappa shape index (κ3) is 5.75. The van der Waals surface area contributed by atoms with Crippen LogP contribution in [0.2, 0.25) is 0 Å². The van der Waals surface area contributed by atoms with Gasteiger partial charge >= 0.3 is 0 Å². The molecule has 1 fully saturated rings. The standard InChI is InChI=1S/C25H29N5O4S2/c1-2-27-16-18(15-26)14-25(32)10-12-30(13-11-25)24(31)19-6-8-20(9-7-19)29-36(33,34)22-5-3-4-21-23(22)28-17-35-21/h3-9,15-17,29,32H,2,10-14,26H2,1H3. The van der Waals surface area contributed by atoms with Crippen LogP contribution in [0.15, 0.2) is 69.6 Å². The number of nitrogens with zero attached hydrogens (tertiary/aromatic N) is 3. The monoisotopic (exact) mass is 527 g/mol. The van der Waals surface area contributed by atoms with E-state index in [9.17, 15) is 18.3 Å². The Morgan fingerprint density at radius 3 is 2.64 bits per heavy atom. The number of carbonyl (C=O) groups is 1. The Morgan fingerprint density at radius 2 is 1.97 bits per heavy atom.